The Morgan fingerprint density at radius 2 is 2.10 bits per heavy atom. The number of halogens is 2. The number of nitrogens with zero attached hydrogens (tertiary/aromatic N) is 2. The molecule has 1 aromatic heterocycles. The van der Waals surface area contributed by atoms with E-state index in [2.05, 4.69) is 67.6 Å². The molecule has 0 saturated heterocycles. The predicted octanol–water partition coefficient (Wildman–Crippen LogP) is 4.61. The highest BCUT2D eigenvalue weighted by Gasteiger charge is 2.18. The topological polar surface area (TPSA) is 43.8 Å². The first-order valence-corrected chi connectivity index (χ1v) is 9.25. The second-order valence-electron chi connectivity index (χ2n) is 5.70. The molecule has 2 aromatic rings. The van der Waals surface area contributed by atoms with Crippen molar-refractivity contribution in [2.24, 2.45) is 5.73 Å². The molecule has 2 N–H and O–H groups in total. The van der Waals surface area contributed by atoms with Crippen molar-refractivity contribution in [2.45, 2.75) is 44.2 Å². The van der Waals surface area contributed by atoms with Crippen LogP contribution >= 0.6 is 38.5 Å². The lowest BCUT2D eigenvalue weighted by Crippen LogP contribution is -2.15. The van der Waals surface area contributed by atoms with Crippen molar-refractivity contribution < 1.29 is 0 Å². The first-order valence-electron chi connectivity index (χ1n) is 7.38. The van der Waals surface area contributed by atoms with E-state index in [9.17, 15) is 0 Å². The van der Waals surface area contributed by atoms with E-state index < -0.39 is 0 Å². The zero-order valence-corrected chi connectivity index (χ0v) is 15.5. The fourth-order valence-electron chi connectivity index (χ4n) is 2.99. The van der Waals surface area contributed by atoms with Gasteiger partial charge in [-0.3, -0.25) is 4.68 Å². The first-order chi connectivity index (χ1) is 10.1. The molecule has 1 aliphatic rings. The summed E-state index contributed by atoms with van der Waals surface area (Å²) < 4.78 is 4.42. The van der Waals surface area contributed by atoms with Crippen molar-refractivity contribution in [2.75, 3.05) is 0 Å². The van der Waals surface area contributed by atoms with E-state index in [0.29, 0.717) is 6.04 Å². The molecule has 0 aliphatic heterocycles. The number of benzene rings is 1. The van der Waals surface area contributed by atoms with E-state index in [4.69, 9.17) is 10.8 Å². The fraction of sp³-hybridized carbons (Fsp3) is 0.438. The van der Waals surface area contributed by atoms with Crippen LogP contribution < -0.4 is 5.73 Å². The van der Waals surface area contributed by atoms with Crippen LogP contribution in [0.2, 0.25) is 0 Å². The third-order valence-electron chi connectivity index (χ3n) is 4.15. The van der Waals surface area contributed by atoms with Gasteiger partial charge < -0.3 is 5.73 Å². The highest BCUT2D eigenvalue weighted by Crippen LogP contribution is 2.29. The second-order valence-corrected chi connectivity index (χ2v) is 7.78. The summed E-state index contributed by atoms with van der Waals surface area (Å²) >= 11 is 5.86. The van der Waals surface area contributed by atoms with Gasteiger partial charge in [-0.1, -0.05) is 28.8 Å². The smallest absolute Gasteiger partial charge is 0.0643 e. The van der Waals surface area contributed by atoms with Crippen LogP contribution in [-0.4, -0.2) is 9.78 Å². The van der Waals surface area contributed by atoms with Crippen LogP contribution in [-0.2, 0) is 6.42 Å². The third-order valence-corrected chi connectivity index (χ3v) is 5.62. The van der Waals surface area contributed by atoms with Crippen LogP contribution in [0, 0.1) is 3.57 Å². The molecule has 1 unspecified atom stereocenters. The Kier molecular flexibility index (Phi) is 5.01. The van der Waals surface area contributed by atoms with Crippen molar-refractivity contribution >= 4 is 38.5 Å². The van der Waals surface area contributed by atoms with E-state index >= 15 is 0 Å². The minimum Gasteiger partial charge on any atom is -0.324 e. The molecule has 1 saturated carbocycles. The Bertz CT molecular complexity index is 620. The summed E-state index contributed by atoms with van der Waals surface area (Å²) in [4.78, 5) is 0. The van der Waals surface area contributed by atoms with Crippen LogP contribution in [0.5, 0.6) is 0 Å². The SMILES string of the molecule is NC(Cc1ccn(C2CCCC2)n1)c1cc(Br)ccc1I. The molecule has 0 radical (unpaired) electrons. The lowest BCUT2D eigenvalue weighted by atomic mass is 10.0. The maximum Gasteiger partial charge on any atom is 0.0643 e. The molecule has 0 bridgehead atoms. The van der Waals surface area contributed by atoms with Crippen LogP contribution in [0.25, 0.3) is 0 Å². The Hall–Kier alpha value is -0.400. The van der Waals surface area contributed by atoms with Gasteiger partial charge in [0.2, 0.25) is 0 Å². The average molecular weight is 460 g/mol. The molecular weight excluding hydrogens is 441 g/mol. The number of aromatic nitrogens is 2. The Balaban J connectivity index is 1.72. The molecule has 3 nitrogen and oxygen atoms in total. The van der Waals surface area contributed by atoms with Gasteiger partial charge in [-0.25, -0.2) is 0 Å². The average Bonchev–Trinajstić information content (AvgIpc) is 3.11. The van der Waals surface area contributed by atoms with E-state index in [-0.39, 0.29) is 6.04 Å². The molecule has 5 heteroatoms. The molecule has 1 fully saturated rings. The standard InChI is InChI=1S/C16H19BrIN3/c17-11-5-6-15(18)14(9-11)16(19)10-12-7-8-21(20-12)13-3-1-2-4-13/h5-9,13,16H,1-4,10,19H2. The minimum atomic E-state index is -0.0127. The van der Waals surface area contributed by atoms with E-state index in [0.717, 1.165) is 16.6 Å². The lowest BCUT2D eigenvalue weighted by Gasteiger charge is -2.13. The van der Waals surface area contributed by atoms with E-state index in [1.54, 1.807) is 0 Å². The van der Waals surface area contributed by atoms with Gasteiger partial charge in [0.1, 0.15) is 0 Å². The largest absolute Gasteiger partial charge is 0.324 e. The fourth-order valence-corrected chi connectivity index (χ4v) is 4.11. The monoisotopic (exact) mass is 459 g/mol. The number of rotatable bonds is 4. The molecule has 0 amide bonds. The summed E-state index contributed by atoms with van der Waals surface area (Å²) in [7, 11) is 0. The van der Waals surface area contributed by atoms with Gasteiger partial charge in [0.15, 0.2) is 0 Å². The van der Waals surface area contributed by atoms with Crippen molar-refractivity contribution in [3.8, 4) is 0 Å². The maximum atomic E-state index is 6.38. The molecule has 1 aliphatic carbocycles. The molecule has 112 valence electrons. The molecule has 21 heavy (non-hydrogen) atoms. The summed E-state index contributed by atoms with van der Waals surface area (Å²) in [5, 5.41) is 4.73. The van der Waals surface area contributed by atoms with Gasteiger partial charge >= 0.3 is 0 Å². The summed E-state index contributed by atoms with van der Waals surface area (Å²) in [6, 6.07) is 8.95. The second kappa shape index (κ2) is 6.79. The molecule has 0 spiro atoms. The van der Waals surface area contributed by atoms with Crippen LogP contribution in [0.15, 0.2) is 34.9 Å². The van der Waals surface area contributed by atoms with Crippen molar-refractivity contribution in [3.05, 3.63) is 49.8 Å². The first kappa shape index (κ1) is 15.5. The number of hydrogen-bond acceptors (Lipinski definition) is 2. The quantitative estimate of drug-likeness (QED) is 0.678. The van der Waals surface area contributed by atoms with Gasteiger partial charge in [-0.05, 0) is 65.3 Å². The van der Waals surface area contributed by atoms with Crippen molar-refractivity contribution in [1.82, 2.24) is 9.78 Å². The highest BCUT2D eigenvalue weighted by atomic mass is 127. The number of hydrogen-bond donors (Lipinski definition) is 1. The normalized spacial score (nSPS) is 17.3. The summed E-state index contributed by atoms with van der Waals surface area (Å²) in [6.45, 7) is 0. The Labute approximate surface area is 147 Å². The van der Waals surface area contributed by atoms with Gasteiger partial charge in [0.05, 0.1) is 11.7 Å². The lowest BCUT2D eigenvalue weighted by molar-refractivity contribution is 0.461. The van der Waals surface area contributed by atoms with Crippen molar-refractivity contribution in [1.29, 1.82) is 0 Å². The zero-order valence-electron chi connectivity index (χ0n) is 11.8. The third kappa shape index (κ3) is 3.68. The summed E-state index contributed by atoms with van der Waals surface area (Å²) in [5.74, 6) is 0. The molecule has 1 atom stereocenters. The Morgan fingerprint density at radius 3 is 2.86 bits per heavy atom. The minimum absolute atomic E-state index is 0.0127. The van der Waals surface area contributed by atoms with Crippen LogP contribution in [0.4, 0.5) is 0 Å². The van der Waals surface area contributed by atoms with Gasteiger partial charge in [-0.2, -0.15) is 5.10 Å². The molecule has 1 aromatic carbocycles. The van der Waals surface area contributed by atoms with Gasteiger partial charge in [0, 0.05) is 26.7 Å². The molecule has 1 heterocycles. The van der Waals surface area contributed by atoms with Crippen molar-refractivity contribution in [3.63, 3.8) is 0 Å². The Morgan fingerprint density at radius 1 is 1.33 bits per heavy atom. The molecule has 3 rings (SSSR count). The van der Waals surface area contributed by atoms with Crippen LogP contribution in [0.3, 0.4) is 0 Å². The molecular formula is C16H19BrIN3. The van der Waals surface area contributed by atoms with Gasteiger partial charge in [0.25, 0.3) is 0 Å². The van der Waals surface area contributed by atoms with E-state index in [1.807, 2.05) is 6.07 Å². The number of nitrogens with two attached hydrogens (primary N) is 1. The highest BCUT2D eigenvalue weighted by molar-refractivity contribution is 14.1. The summed E-state index contributed by atoms with van der Waals surface area (Å²) in [6.07, 6.45) is 8.08. The zero-order chi connectivity index (χ0) is 14.8. The predicted molar refractivity (Wildman–Crippen MR) is 97.2 cm³/mol. The maximum absolute atomic E-state index is 6.38. The van der Waals surface area contributed by atoms with E-state index in [1.165, 1.54) is 34.8 Å². The van der Waals surface area contributed by atoms with Gasteiger partial charge in [-0.15, -0.1) is 0 Å². The van der Waals surface area contributed by atoms with Crippen LogP contribution in [0.1, 0.15) is 49.0 Å². The summed E-state index contributed by atoms with van der Waals surface area (Å²) in [5.41, 5.74) is 8.65.